The molecule has 5 aromatic rings. The number of fused-ring (bicyclic) bond motifs is 2. The molecule has 0 aliphatic heterocycles. The summed E-state index contributed by atoms with van der Waals surface area (Å²) in [5, 5.41) is 5.42. The number of para-hydroxylation sites is 1. The fourth-order valence-electron chi connectivity index (χ4n) is 3.20. The monoisotopic (exact) mass is 389 g/mol. The molecule has 0 spiro atoms. The highest BCUT2D eigenvalue weighted by Gasteiger charge is 2.18. The normalized spacial score (nSPS) is 12.3. The van der Waals surface area contributed by atoms with E-state index in [4.69, 9.17) is 9.15 Å². The van der Waals surface area contributed by atoms with Crippen LogP contribution in [0.5, 0.6) is 5.75 Å². The average molecular weight is 389 g/mol. The molecular weight excluding hydrogens is 374 g/mol. The zero-order chi connectivity index (χ0) is 19.3. The summed E-state index contributed by atoms with van der Waals surface area (Å²) in [5.74, 6) is 1.75. The summed E-state index contributed by atoms with van der Waals surface area (Å²) in [6.45, 7) is 1.97. The SMILES string of the molecule is COc1cccc(/C=c2/sc3nc(-c4oc5ccccc5c4C)nn3c2=O)c1. The number of hydrogen-bond donors (Lipinski definition) is 0. The van der Waals surface area contributed by atoms with Crippen molar-refractivity contribution in [2.45, 2.75) is 6.92 Å². The lowest BCUT2D eigenvalue weighted by Crippen LogP contribution is -2.23. The van der Waals surface area contributed by atoms with Gasteiger partial charge in [-0.25, -0.2) is 0 Å². The Morgan fingerprint density at radius 1 is 1.18 bits per heavy atom. The molecule has 138 valence electrons. The minimum absolute atomic E-state index is 0.199. The number of benzene rings is 2. The molecule has 0 saturated carbocycles. The van der Waals surface area contributed by atoms with Gasteiger partial charge in [0.25, 0.3) is 5.56 Å². The summed E-state index contributed by atoms with van der Waals surface area (Å²) in [5.41, 5.74) is 2.43. The van der Waals surface area contributed by atoms with Gasteiger partial charge in [0.05, 0.1) is 11.6 Å². The summed E-state index contributed by atoms with van der Waals surface area (Å²) in [6.07, 6.45) is 1.82. The number of aromatic nitrogens is 3. The summed E-state index contributed by atoms with van der Waals surface area (Å²) in [4.78, 5) is 17.8. The van der Waals surface area contributed by atoms with E-state index in [0.29, 0.717) is 21.1 Å². The van der Waals surface area contributed by atoms with Crippen molar-refractivity contribution in [2.24, 2.45) is 0 Å². The van der Waals surface area contributed by atoms with Gasteiger partial charge >= 0.3 is 0 Å². The molecule has 0 amide bonds. The Labute approximate surface area is 163 Å². The Hall–Kier alpha value is -3.45. The highest BCUT2D eigenvalue weighted by molar-refractivity contribution is 7.15. The van der Waals surface area contributed by atoms with E-state index in [9.17, 15) is 4.79 Å². The van der Waals surface area contributed by atoms with E-state index in [1.807, 2.05) is 61.5 Å². The molecule has 0 bridgehead atoms. The van der Waals surface area contributed by atoms with Crippen LogP contribution in [0, 0.1) is 6.92 Å². The number of hydrogen-bond acceptors (Lipinski definition) is 6. The number of thiazole rings is 1. The molecular formula is C21H15N3O3S. The van der Waals surface area contributed by atoms with Gasteiger partial charge in [0.1, 0.15) is 11.3 Å². The molecule has 0 fully saturated rings. The Balaban J connectivity index is 1.63. The number of methoxy groups -OCH3 is 1. The lowest BCUT2D eigenvalue weighted by atomic mass is 10.1. The van der Waals surface area contributed by atoms with Crippen LogP contribution in [0.3, 0.4) is 0 Å². The molecule has 0 N–H and O–H groups in total. The molecule has 3 heterocycles. The third-order valence-corrected chi connectivity index (χ3v) is 5.58. The summed E-state index contributed by atoms with van der Waals surface area (Å²) < 4.78 is 13.0. The van der Waals surface area contributed by atoms with Crippen LogP contribution >= 0.6 is 11.3 Å². The van der Waals surface area contributed by atoms with Crippen LogP contribution in [0.1, 0.15) is 11.1 Å². The van der Waals surface area contributed by atoms with E-state index in [-0.39, 0.29) is 5.56 Å². The molecule has 0 saturated heterocycles. The maximum Gasteiger partial charge on any atom is 0.291 e. The lowest BCUT2D eigenvalue weighted by Gasteiger charge is -1.99. The van der Waals surface area contributed by atoms with Crippen molar-refractivity contribution in [1.82, 2.24) is 14.6 Å². The molecule has 5 rings (SSSR count). The molecule has 0 atom stereocenters. The number of furan rings is 1. The van der Waals surface area contributed by atoms with Gasteiger partial charge in [0.15, 0.2) is 5.76 Å². The highest BCUT2D eigenvalue weighted by Crippen LogP contribution is 2.31. The standard InChI is InChI=1S/C21H15N3O3S/c1-12-15-8-3-4-9-16(15)27-18(12)19-22-21-24(23-19)20(25)17(28-21)11-13-6-5-7-14(10-13)26-2/h3-11H,1-2H3/b17-11+. The predicted molar refractivity (Wildman–Crippen MR) is 109 cm³/mol. The van der Waals surface area contributed by atoms with E-state index >= 15 is 0 Å². The van der Waals surface area contributed by atoms with E-state index in [1.54, 1.807) is 7.11 Å². The third-order valence-electron chi connectivity index (χ3n) is 4.62. The number of ether oxygens (including phenoxy) is 1. The van der Waals surface area contributed by atoms with Gasteiger partial charge in [-0.2, -0.15) is 9.50 Å². The number of rotatable bonds is 3. The van der Waals surface area contributed by atoms with Crippen molar-refractivity contribution in [3.63, 3.8) is 0 Å². The largest absolute Gasteiger partial charge is 0.497 e. The van der Waals surface area contributed by atoms with Crippen molar-refractivity contribution < 1.29 is 9.15 Å². The second kappa shape index (κ2) is 6.31. The first-order chi connectivity index (χ1) is 13.6. The van der Waals surface area contributed by atoms with Gasteiger partial charge in [-0.05, 0) is 36.8 Å². The topological polar surface area (TPSA) is 69.6 Å². The van der Waals surface area contributed by atoms with Gasteiger partial charge < -0.3 is 9.15 Å². The van der Waals surface area contributed by atoms with Crippen LogP contribution < -0.4 is 14.8 Å². The van der Waals surface area contributed by atoms with E-state index in [2.05, 4.69) is 10.1 Å². The quantitative estimate of drug-likeness (QED) is 0.473. The molecule has 0 aliphatic carbocycles. The van der Waals surface area contributed by atoms with Crippen LogP contribution in [0.4, 0.5) is 0 Å². The summed E-state index contributed by atoms with van der Waals surface area (Å²) >= 11 is 1.30. The smallest absolute Gasteiger partial charge is 0.291 e. The van der Waals surface area contributed by atoms with Crippen LogP contribution in [-0.4, -0.2) is 21.7 Å². The van der Waals surface area contributed by atoms with Gasteiger partial charge in [0.2, 0.25) is 10.8 Å². The summed E-state index contributed by atoms with van der Waals surface area (Å²) in [6, 6.07) is 15.3. The maximum atomic E-state index is 12.8. The molecule has 6 nitrogen and oxygen atoms in total. The maximum absolute atomic E-state index is 12.8. The van der Waals surface area contributed by atoms with Crippen molar-refractivity contribution in [3.05, 3.63) is 74.5 Å². The fraction of sp³-hybridized carbons (Fsp3) is 0.0952. The van der Waals surface area contributed by atoms with Crippen LogP contribution in [-0.2, 0) is 0 Å². The van der Waals surface area contributed by atoms with Crippen molar-refractivity contribution in [3.8, 4) is 17.3 Å². The van der Waals surface area contributed by atoms with Crippen LogP contribution in [0.15, 0.2) is 57.7 Å². The zero-order valence-corrected chi connectivity index (χ0v) is 16.0. The van der Waals surface area contributed by atoms with Gasteiger partial charge in [-0.15, -0.1) is 5.10 Å². The van der Waals surface area contributed by atoms with Crippen LogP contribution in [0.25, 0.3) is 33.6 Å². The zero-order valence-electron chi connectivity index (χ0n) is 15.2. The Bertz CT molecular complexity index is 1450. The van der Waals surface area contributed by atoms with Crippen molar-refractivity contribution in [1.29, 1.82) is 0 Å². The molecule has 0 radical (unpaired) electrons. The third kappa shape index (κ3) is 2.59. The average Bonchev–Trinajstić information content (AvgIpc) is 3.36. The van der Waals surface area contributed by atoms with Gasteiger partial charge in [0, 0.05) is 10.9 Å². The van der Waals surface area contributed by atoms with Gasteiger partial charge in [-0.1, -0.05) is 41.7 Å². The molecule has 7 heteroatoms. The second-order valence-corrected chi connectivity index (χ2v) is 7.38. The van der Waals surface area contributed by atoms with Crippen LogP contribution in [0.2, 0.25) is 0 Å². The first-order valence-electron chi connectivity index (χ1n) is 8.68. The van der Waals surface area contributed by atoms with E-state index in [1.165, 1.54) is 15.9 Å². The second-order valence-electron chi connectivity index (χ2n) is 6.37. The van der Waals surface area contributed by atoms with Crippen molar-refractivity contribution in [2.75, 3.05) is 7.11 Å². The first-order valence-corrected chi connectivity index (χ1v) is 9.49. The molecule has 28 heavy (non-hydrogen) atoms. The fourth-order valence-corrected chi connectivity index (χ4v) is 4.11. The van der Waals surface area contributed by atoms with E-state index in [0.717, 1.165) is 27.8 Å². The lowest BCUT2D eigenvalue weighted by molar-refractivity contribution is 0.414. The Kier molecular flexibility index (Phi) is 3.77. The minimum Gasteiger partial charge on any atom is -0.497 e. The van der Waals surface area contributed by atoms with E-state index < -0.39 is 0 Å². The molecule has 0 aliphatic rings. The Morgan fingerprint density at radius 3 is 2.82 bits per heavy atom. The highest BCUT2D eigenvalue weighted by atomic mass is 32.1. The van der Waals surface area contributed by atoms with Crippen molar-refractivity contribution >= 4 is 33.3 Å². The number of aryl methyl sites for hydroxylation is 1. The Morgan fingerprint density at radius 2 is 2.04 bits per heavy atom. The molecule has 0 unspecified atom stereocenters. The molecule has 2 aromatic carbocycles. The predicted octanol–water partition coefficient (Wildman–Crippen LogP) is 3.43. The minimum atomic E-state index is -0.199. The first kappa shape index (κ1) is 16.7. The van der Waals surface area contributed by atoms with Gasteiger partial charge in [-0.3, -0.25) is 4.79 Å². The number of nitrogens with zero attached hydrogens (tertiary/aromatic N) is 3. The summed E-state index contributed by atoms with van der Waals surface area (Å²) in [7, 11) is 1.61. The molecule has 3 aromatic heterocycles.